The topological polar surface area (TPSA) is 88.9 Å². The van der Waals surface area contributed by atoms with Gasteiger partial charge in [0.1, 0.15) is 11.8 Å². The van der Waals surface area contributed by atoms with E-state index in [0.29, 0.717) is 49.1 Å². The number of aromatic nitrogens is 4. The van der Waals surface area contributed by atoms with E-state index in [2.05, 4.69) is 19.9 Å². The number of carbonyl (C=O) groups is 2. The minimum Gasteiger partial charge on any atom is -0.282 e. The minimum atomic E-state index is -0.106. The molecule has 1 fully saturated rings. The molecule has 3 heterocycles. The maximum Gasteiger partial charge on any atom is 0.229 e. The first kappa shape index (κ1) is 12.6. The fraction of sp³-hybridized carbons (Fsp3) is 0.385. The summed E-state index contributed by atoms with van der Waals surface area (Å²) in [5.74, 6) is -0.212. The van der Waals surface area contributed by atoms with Gasteiger partial charge in [-0.05, 0) is 6.42 Å². The lowest BCUT2D eigenvalue weighted by molar-refractivity contribution is -0.147. The van der Waals surface area contributed by atoms with Gasteiger partial charge in [0.15, 0.2) is 5.65 Å². The molecule has 0 aromatic carbocycles. The summed E-state index contributed by atoms with van der Waals surface area (Å²) in [4.78, 5) is 41.3. The zero-order valence-corrected chi connectivity index (χ0v) is 10.8. The lowest BCUT2D eigenvalue weighted by Crippen LogP contribution is -2.41. The summed E-state index contributed by atoms with van der Waals surface area (Å²) < 4.78 is 0. The number of amides is 2. The van der Waals surface area contributed by atoms with Gasteiger partial charge in [0.25, 0.3) is 0 Å². The van der Waals surface area contributed by atoms with Gasteiger partial charge in [-0.1, -0.05) is 0 Å². The van der Waals surface area contributed by atoms with Gasteiger partial charge in [-0.3, -0.25) is 14.5 Å². The molecule has 2 aromatic heterocycles. The van der Waals surface area contributed by atoms with Crippen molar-refractivity contribution < 1.29 is 9.59 Å². The van der Waals surface area contributed by atoms with E-state index in [9.17, 15) is 9.59 Å². The molecule has 7 heteroatoms. The van der Waals surface area contributed by atoms with Gasteiger partial charge in [0.2, 0.25) is 11.8 Å². The van der Waals surface area contributed by atoms with Gasteiger partial charge >= 0.3 is 0 Å². The van der Waals surface area contributed by atoms with Gasteiger partial charge in [-0.25, -0.2) is 19.9 Å². The Balaban J connectivity index is 1.80. The van der Waals surface area contributed by atoms with Crippen molar-refractivity contribution in [2.45, 2.75) is 25.7 Å². The number of hydrogen-bond donors (Lipinski definition) is 0. The van der Waals surface area contributed by atoms with Gasteiger partial charge < -0.3 is 0 Å². The maximum absolute atomic E-state index is 11.7. The number of rotatable bonds is 3. The molecule has 2 amide bonds. The first-order chi connectivity index (χ1) is 9.75. The fourth-order valence-corrected chi connectivity index (χ4v) is 2.29. The predicted octanol–water partition coefficient (Wildman–Crippen LogP) is 0.501. The van der Waals surface area contributed by atoms with Gasteiger partial charge in [-0.15, -0.1) is 0 Å². The highest BCUT2D eigenvalue weighted by molar-refractivity contribution is 5.97. The molecule has 7 nitrogen and oxygen atoms in total. The summed E-state index contributed by atoms with van der Waals surface area (Å²) in [6.45, 7) is 0.334. The zero-order chi connectivity index (χ0) is 13.9. The Bertz CT molecular complexity index is 651. The van der Waals surface area contributed by atoms with Crippen LogP contribution in [0.5, 0.6) is 0 Å². The normalized spacial score (nSPS) is 15.9. The summed E-state index contributed by atoms with van der Waals surface area (Å²) >= 11 is 0. The van der Waals surface area contributed by atoms with Crippen molar-refractivity contribution in [1.29, 1.82) is 0 Å². The SMILES string of the molecule is O=C1CCCC(=O)N1CCc1ncnc2nccnc12. The molecular formula is C13H13N5O2. The van der Waals surface area contributed by atoms with E-state index in [0.717, 1.165) is 0 Å². The van der Waals surface area contributed by atoms with E-state index in [1.165, 1.54) is 11.2 Å². The summed E-state index contributed by atoms with van der Waals surface area (Å²) in [7, 11) is 0. The maximum atomic E-state index is 11.7. The molecule has 1 saturated heterocycles. The summed E-state index contributed by atoms with van der Waals surface area (Å²) in [6.07, 6.45) is 6.56. The third-order valence-electron chi connectivity index (χ3n) is 3.30. The quantitative estimate of drug-likeness (QED) is 0.755. The van der Waals surface area contributed by atoms with Crippen molar-refractivity contribution in [3.8, 4) is 0 Å². The Morgan fingerprint density at radius 2 is 1.75 bits per heavy atom. The number of fused-ring (bicyclic) bond motifs is 1. The number of piperidine rings is 1. The van der Waals surface area contributed by atoms with Crippen LogP contribution < -0.4 is 0 Å². The summed E-state index contributed by atoms with van der Waals surface area (Å²) in [5, 5.41) is 0. The number of nitrogens with zero attached hydrogens (tertiary/aromatic N) is 5. The van der Waals surface area contributed by atoms with E-state index >= 15 is 0 Å². The smallest absolute Gasteiger partial charge is 0.229 e. The van der Waals surface area contributed by atoms with Crippen LogP contribution in [0.1, 0.15) is 25.0 Å². The molecule has 0 spiro atoms. The van der Waals surface area contributed by atoms with Crippen molar-refractivity contribution in [3.05, 3.63) is 24.4 Å². The second-order valence-corrected chi connectivity index (χ2v) is 4.59. The molecular weight excluding hydrogens is 258 g/mol. The van der Waals surface area contributed by atoms with Crippen LogP contribution in [-0.2, 0) is 16.0 Å². The Hall–Kier alpha value is -2.44. The molecule has 0 atom stereocenters. The van der Waals surface area contributed by atoms with Crippen molar-refractivity contribution >= 4 is 23.0 Å². The molecule has 0 bridgehead atoms. The second kappa shape index (κ2) is 5.28. The molecule has 0 aliphatic carbocycles. The highest BCUT2D eigenvalue weighted by Crippen LogP contribution is 2.14. The first-order valence-corrected chi connectivity index (χ1v) is 6.49. The number of hydrogen-bond acceptors (Lipinski definition) is 6. The molecule has 20 heavy (non-hydrogen) atoms. The van der Waals surface area contributed by atoms with Crippen LogP contribution in [0.3, 0.4) is 0 Å². The lowest BCUT2D eigenvalue weighted by atomic mass is 10.1. The summed E-state index contributed by atoms with van der Waals surface area (Å²) in [6, 6.07) is 0. The Kier molecular flexibility index (Phi) is 3.32. The standard InChI is InChI=1S/C13H13N5O2/c19-10-2-1-3-11(20)18(10)7-4-9-12-13(17-8-16-9)15-6-5-14-12/h5-6,8H,1-4,7H2. The molecule has 0 radical (unpaired) electrons. The minimum absolute atomic E-state index is 0.106. The van der Waals surface area contributed by atoms with E-state index in [1.54, 1.807) is 12.4 Å². The Morgan fingerprint density at radius 3 is 2.55 bits per heavy atom. The highest BCUT2D eigenvalue weighted by Gasteiger charge is 2.25. The van der Waals surface area contributed by atoms with Crippen LogP contribution in [0.2, 0.25) is 0 Å². The van der Waals surface area contributed by atoms with E-state index in [1.807, 2.05) is 0 Å². The third-order valence-corrected chi connectivity index (χ3v) is 3.30. The molecule has 102 valence electrons. The van der Waals surface area contributed by atoms with Crippen molar-refractivity contribution in [2.24, 2.45) is 0 Å². The molecule has 3 rings (SSSR count). The van der Waals surface area contributed by atoms with Gasteiger partial charge in [0, 0.05) is 38.2 Å². The lowest BCUT2D eigenvalue weighted by Gasteiger charge is -2.24. The van der Waals surface area contributed by atoms with Crippen molar-refractivity contribution in [3.63, 3.8) is 0 Å². The Morgan fingerprint density at radius 1 is 1.00 bits per heavy atom. The monoisotopic (exact) mass is 271 g/mol. The van der Waals surface area contributed by atoms with Gasteiger partial charge in [0.05, 0.1) is 5.69 Å². The number of imide groups is 1. The molecule has 0 unspecified atom stereocenters. The molecule has 2 aromatic rings. The van der Waals surface area contributed by atoms with E-state index < -0.39 is 0 Å². The van der Waals surface area contributed by atoms with Crippen LogP contribution in [-0.4, -0.2) is 43.2 Å². The predicted molar refractivity (Wildman–Crippen MR) is 69.4 cm³/mol. The van der Waals surface area contributed by atoms with Crippen LogP contribution in [0.4, 0.5) is 0 Å². The molecule has 0 saturated carbocycles. The third kappa shape index (κ3) is 2.34. The average molecular weight is 271 g/mol. The van der Waals surface area contributed by atoms with Crippen LogP contribution in [0.15, 0.2) is 18.7 Å². The average Bonchev–Trinajstić information content (AvgIpc) is 2.47. The van der Waals surface area contributed by atoms with Gasteiger partial charge in [-0.2, -0.15) is 0 Å². The number of carbonyl (C=O) groups excluding carboxylic acids is 2. The largest absolute Gasteiger partial charge is 0.282 e. The molecule has 1 aliphatic heterocycles. The molecule has 0 N–H and O–H groups in total. The second-order valence-electron chi connectivity index (χ2n) is 4.59. The van der Waals surface area contributed by atoms with Crippen LogP contribution in [0.25, 0.3) is 11.2 Å². The summed E-state index contributed by atoms with van der Waals surface area (Å²) in [5.41, 5.74) is 1.84. The number of likely N-dealkylation sites (tertiary alicyclic amines) is 1. The zero-order valence-electron chi connectivity index (χ0n) is 10.8. The first-order valence-electron chi connectivity index (χ1n) is 6.49. The highest BCUT2D eigenvalue weighted by atomic mass is 16.2. The van der Waals surface area contributed by atoms with Crippen LogP contribution >= 0.6 is 0 Å². The van der Waals surface area contributed by atoms with Crippen molar-refractivity contribution in [2.75, 3.05) is 6.54 Å². The van der Waals surface area contributed by atoms with E-state index in [4.69, 9.17) is 0 Å². The van der Waals surface area contributed by atoms with E-state index in [-0.39, 0.29) is 11.8 Å². The fourth-order valence-electron chi connectivity index (χ4n) is 2.29. The van der Waals surface area contributed by atoms with Crippen molar-refractivity contribution in [1.82, 2.24) is 24.8 Å². The van der Waals surface area contributed by atoms with Crippen LogP contribution in [0, 0.1) is 0 Å². The molecule has 1 aliphatic rings. The Labute approximate surface area is 115 Å².